The Bertz CT molecular complexity index is 405. The van der Waals surface area contributed by atoms with Crippen LogP contribution in [-0.4, -0.2) is 37.6 Å². The van der Waals surface area contributed by atoms with Crippen molar-refractivity contribution in [2.45, 2.75) is 20.4 Å². The van der Waals surface area contributed by atoms with E-state index in [0.29, 0.717) is 19.7 Å². The van der Waals surface area contributed by atoms with E-state index in [2.05, 4.69) is 25.1 Å². The van der Waals surface area contributed by atoms with Crippen molar-refractivity contribution < 1.29 is 9.53 Å². The zero-order valence-corrected chi connectivity index (χ0v) is 11.4. The molecule has 0 saturated carbocycles. The molecule has 0 radical (unpaired) electrons. The summed E-state index contributed by atoms with van der Waals surface area (Å²) in [5.41, 5.74) is 8.98. The Labute approximate surface area is 109 Å². The van der Waals surface area contributed by atoms with Crippen LogP contribution in [0, 0.1) is 13.8 Å². The third-order valence-electron chi connectivity index (χ3n) is 2.96. The van der Waals surface area contributed by atoms with Crippen molar-refractivity contribution >= 4 is 5.91 Å². The van der Waals surface area contributed by atoms with Crippen LogP contribution in [0.25, 0.3) is 0 Å². The molecule has 1 amide bonds. The summed E-state index contributed by atoms with van der Waals surface area (Å²) in [6.45, 7) is 5.82. The molecule has 1 rings (SSSR count). The Kier molecular flexibility index (Phi) is 5.82. The summed E-state index contributed by atoms with van der Waals surface area (Å²) in [6.07, 6.45) is 0. The van der Waals surface area contributed by atoms with Crippen LogP contribution in [0.5, 0.6) is 0 Å². The highest BCUT2D eigenvalue weighted by atomic mass is 16.5. The number of aryl methyl sites for hydroxylation is 2. The van der Waals surface area contributed by atoms with Crippen molar-refractivity contribution in [1.29, 1.82) is 0 Å². The number of hydrogen-bond donors (Lipinski definition) is 1. The van der Waals surface area contributed by atoms with Crippen LogP contribution in [0.3, 0.4) is 0 Å². The van der Waals surface area contributed by atoms with Gasteiger partial charge in [-0.05, 0) is 25.0 Å². The highest BCUT2D eigenvalue weighted by molar-refractivity contribution is 5.78. The Hall–Kier alpha value is -1.39. The standard InChI is InChI=1S/C14H22N2O2/c1-11-4-5-12(2)13(8-11)10-16(6-7-18-3)14(17)9-15/h4-5,8H,6-7,9-10,15H2,1-3H3. The first-order chi connectivity index (χ1) is 8.58. The van der Waals surface area contributed by atoms with E-state index in [0.717, 1.165) is 5.56 Å². The summed E-state index contributed by atoms with van der Waals surface area (Å²) < 4.78 is 5.02. The van der Waals surface area contributed by atoms with Gasteiger partial charge < -0.3 is 15.4 Å². The number of carbonyl (C=O) groups excluding carboxylic acids is 1. The molecule has 100 valence electrons. The predicted molar refractivity (Wildman–Crippen MR) is 72.3 cm³/mol. The van der Waals surface area contributed by atoms with E-state index < -0.39 is 0 Å². The third-order valence-corrected chi connectivity index (χ3v) is 2.96. The van der Waals surface area contributed by atoms with E-state index in [-0.39, 0.29) is 12.5 Å². The lowest BCUT2D eigenvalue weighted by atomic mass is 10.1. The van der Waals surface area contributed by atoms with Gasteiger partial charge in [-0.2, -0.15) is 0 Å². The molecule has 0 aromatic heterocycles. The highest BCUT2D eigenvalue weighted by Crippen LogP contribution is 2.13. The molecule has 0 fully saturated rings. The molecular weight excluding hydrogens is 228 g/mol. The molecule has 0 unspecified atom stereocenters. The van der Waals surface area contributed by atoms with Crippen molar-refractivity contribution in [3.63, 3.8) is 0 Å². The van der Waals surface area contributed by atoms with Crippen LogP contribution in [0.1, 0.15) is 16.7 Å². The molecule has 0 heterocycles. The van der Waals surface area contributed by atoms with Gasteiger partial charge in [0, 0.05) is 20.2 Å². The zero-order chi connectivity index (χ0) is 13.5. The molecule has 0 aliphatic rings. The molecule has 0 aliphatic carbocycles. The normalized spacial score (nSPS) is 10.4. The minimum Gasteiger partial charge on any atom is -0.383 e. The summed E-state index contributed by atoms with van der Waals surface area (Å²) in [5, 5.41) is 0. The fraction of sp³-hybridized carbons (Fsp3) is 0.500. The quantitative estimate of drug-likeness (QED) is 0.826. The van der Waals surface area contributed by atoms with Gasteiger partial charge in [0.1, 0.15) is 0 Å². The number of carbonyl (C=O) groups is 1. The topological polar surface area (TPSA) is 55.6 Å². The summed E-state index contributed by atoms with van der Waals surface area (Å²) in [4.78, 5) is 13.5. The number of benzene rings is 1. The number of rotatable bonds is 6. The number of nitrogens with two attached hydrogens (primary N) is 1. The van der Waals surface area contributed by atoms with Crippen LogP contribution in [-0.2, 0) is 16.1 Å². The second-order valence-electron chi connectivity index (χ2n) is 4.44. The number of nitrogens with zero attached hydrogens (tertiary/aromatic N) is 1. The molecular formula is C14H22N2O2. The van der Waals surface area contributed by atoms with Crippen LogP contribution < -0.4 is 5.73 Å². The molecule has 4 nitrogen and oxygen atoms in total. The van der Waals surface area contributed by atoms with Gasteiger partial charge in [0.2, 0.25) is 5.91 Å². The minimum absolute atomic E-state index is 0.0363. The first-order valence-electron chi connectivity index (χ1n) is 6.11. The lowest BCUT2D eigenvalue weighted by molar-refractivity contribution is -0.130. The Morgan fingerprint density at radius 3 is 2.72 bits per heavy atom. The zero-order valence-electron chi connectivity index (χ0n) is 11.4. The summed E-state index contributed by atoms with van der Waals surface area (Å²) in [6, 6.07) is 6.26. The smallest absolute Gasteiger partial charge is 0.236 e. The molecule has 1 aromatic carbocycles. The lowest BCUT2D eigenvalue weighted by Crippen LogP contribution is -2.37. The second-order valence-corrected chi connectivity index (χ2v) is 4.44. The van der Waals surface area contributed by atoms with Crippen LogP contribution in [0.15, 0.2) is 18.2 Å². The molecule has 0 aliphatic heterocycles. The molecule has 4 heteroatoms. The molecule has 1 aromatic rings. The first kappa shape index (κ1) is 14.7. The van der Waals surface area contributed by atoms with E-state index in [4.69, 9.17) is 10.5 Å². The maximum absolute atomic E-state index is 11.8. The summed E-state index contributed by atoms with van der Waals surface area (Å²) >= 11 is 0. The highest BCUT2D eigenvalue weighted by Gasteiger charge is 2.13. The van der Waals surface area contributed by atoms with Crippen molar-refractivity contribution in [2.24, 2.45) is 5.73 Å². The number of methoxy groups -OCH3 is 1. The first-order valence-corrected chi connectivity index (χ1v) is 6.11. The molecule has 0 atom stereocenters. The minimum atomic E-state index is -0.0482. The fourth-order valence-electron chi connectivity index (χ4n) is 1.80. The van der Waals surface area contributed by atoms with Gasteiger partial charge in [0.25, 0.3) is 0 Å². The molecule has 18 heavy (non-hydrogen) atoms. The van der Waals surface area contributed by atoms with Gasteiger partial charge in [-0.25, -0.2) is 0 Å². The third kappa shape index (κ3) is 4.13. The Morgan fingerprint density at radius 1 is 1.39 bits per heavy atom. The van der Waals surface area contributed by atoms with Gasteiger partial charge in [0.05, 0.1) is 13.2 Å². The lowest BCUT2D eigenvalue weighted by Gasteiger charge is -2.23. The van der Waals surface area contributed by atoms with Gasteiger partial charge >= 0.3 is 0 Å². The van der Waals surface area contributed by atoms with Gasteiger partial charge in [-0.1, -0.05) is 23.8 Å². The monoisotopic (exact) mass is 250 g/mol. The maximum atomic E-state index is 11.8. The van der Waals surface area contributed by atoms with E-state index >= 15 is 0 Å². The molecule has 0 bridgehead atoms. The van der Waals surface area contributed by atoms with Crippen LogP contribution in [0.2, 0.25) is 0 Å². The summed E-state index contributed by atoms with van der Waals surface area (Å²) in [7, 11) is 1.63. The van der Waals surface area contributed by atoms with E-state index in [1.807, 2.05) is 6.92 Å². The largest absolute Gasteiger partial charge is 0.383 e. The number of ether oxygens (including phenoxy) is 1. The Balaban J connectivity index is 2.81. The van der Waals surface area contributed by atoms with Crippen molar-refractivity contribution in [3.05, 3.63) is 34.9 Å². The average molecular weight is 250 g/mol. The molecule has 0 saturated heterocycles. The SMILES string of the molecule is COCCN(Cc1cc(C)ccc1C)C(=O)CN. The number of amides is 1. The van der Waals surface area contributed by atoms with Gasteiger partial charge in [-0.15, -0.1) is 0 Å². The van der Waals surface area contributed by atoms with Gasteiger partial charge in [-0.3, -0.25) is 4.79 Å². The van der Waals surface area contributed by atoms with Crippen molar-refractivity contribution in [3.8, 4) is 0 Å². The van der Waals surface area contributed by atoms with Crippen LogP contribution in [0.4, 0.5) is 0 Å². The predicted octanol–water partition coefficient (Wildman–Crippen LogP) is 1.24. The van der Waals surface area contributed by atoms with Crippen molar-refractivity contribution in [2.75, 3.05) is 26.8 Å². The molecule has 2 N–H and O–H groups in total. The Morgan fingerprint density at radius 2 is 2.11 bits per heavy atom. The fourth-order valence-corrected chi connectivity index (χ4v) is 1.80. The van der Waals surface area contributed by atoms with Gasteiger partial charge in [0.15, 0.2) is 0 Å². The summed E-state index contributed by atoms with van der Waals surface area (Å²) in [5.74, 6) is -0.0482. The maximum Gasteiger partial charge on any atom is 0.236 e. The van der Waals surface area contributed by atoms with Crippen molar-refractivity contribution in [1.82, 2.24) is 4.90 Å². The second kappa shape index (κ2) is 7.13. The average Bonchev–Trinajstić information content (AvgIpc) is 2.37. The van der Waals surface area contributed by atoms with Crippen LogP contribution >= 0.6 is 0 Å². The van der Waals surface area contributed by atoms with E-state index in [9.17, 15) is 4.79 Å². The van der Waals surface area contributed by atoms with E-state index in [1.165, 1.54) is 11.1 Å². The number of hydrogen-bond acceptors (Lipinski definition) is 3. The van der Waals surface area contributed by atoms with E-state index in [1.54, 1.807) is 12.0 Å². The molecule has 0 spiro atoms.